The van der Waals surface area contributed by atoms with Gasteiger partial charge in [-0.2, -0.15) is 0 Å². The average Bonchev–Trinajstić information content (AvgIpc) is 2.70. The molecule has 0 fully saturated rings. The molecule has 1 N–H and O–H groups in total. The van der Waals surface area contributed by atoms with Gasteiger partial charge in [-0.15, -0.1) is 11.3 Å². The van der Waals surface area contributed by atoms with Gasteiger partial charge in [-0.3, -0.25) is 10.1 Å². The number of aryl methyl sites for hydroxylation is 2. The molecular weight excluding hydrogens is 315 g/mol. The van der Waals surface area contributed by atoms with Crippen LogP contribution in [0.25, 0.3) is 6.08 Å². The van der Waals surface area contributed by atoms with E-state index in [1.165, 1.54) is 17.4 Å². The number of carbonyl (C=O) groups is 1. The summed E-state index contributed by atoms with van der Waals surface area (Å²) in [5.41, 5.74) is 1.74. The van der Waals surface area contributed by atoms with E-state index in [9.17, 15) is 4.79 Å². The van der Waals surface area contributed by atoms with Crippen molar-refractivity contribution in [2.24, 2.45) is 0 Å². The fourth-order valence-corrected chi connectivity index (χ4v) is 2.59. The van der Waals surface area contributed by atoms with Crippen molar-refractivity contribution < 1.29 is 4.79 Å². The average molecular weight is 327 g/mol. The van der Waals surface area contributed by atoms with Gasteiger partial charge in [0.1, 0.15) is 0 Å². The fourth-order valence-electron chi connectivity index (χ4n) is 1.46. The monoisotopic (exact) mass is 326 g/mol. The molecule has 0 bridgehead atoms. The number of hydrogen-bond donors (Lipinski definition) is 1. The summed E-state index contributed by atoms with van der Waals surface area (Å²) >= 11 is 13.2. The predicted octanol–water partition coefficient (Wildman–Crippen LogP) is 4.72. The van der Waals surface area contributed by atoms with Crippen LogP contribution in [-0.4, -0.2) is 10.9 Å². The molecular formula is C14H12Cl2N2OS. The first-order valence-electron chi connectivity index (χ1n) is 5.84. The minimum absolute atomic E-state index is 0.232. The summed E-state index contributed by atoms with van der Waals surface area (Å²) in [4.78, 5) is 17.1. The van der Waals surface area contributed by atoms with Gasteiger partial charge in [-0.25, -0.2) is 4.98 Å². The fraction of sp³-hybridized carbons (Fsp3) is 0.143. The first-order valence-corrected chi connectivity index (χ1v) is 7.41. The van der Waals surface area contributed by atoms with Crippen LogP contribution in [0, 0.1) is 13.8 Å². The van der Waals surface area contributed by atoms with Crippen LogP contribution in [0.1, 0.15) is 16.1 Å². The summed E-state index contributed by atoms with van der Waals surface area (Å²) < 4.78 is 0. The first-order chi connectivity index (χ1) is 9.45. The molecule has 6 heteroatoms. The number of benzene rings is 1. The van der Waals surface area contributed by atoms with Crippen molar-refractivity contribution in [1.82, 2.24) is 4.98 Å². The highest BCUT2D eigenvalue weighted by Gasteiger charge is 2.05. The van der Waals surface area contributed by atoms with E-state index in [2.05, 4.69) is 10.3 Å². The number of hydrogen-bond acceptors (Lipinski definition) is 3. The summed E-state index contributed by atoms with van der Waals surface area (Å²) in [5.74, 6) is -0.232. The molecule has 1 aromatic carbocycles. The van der Waals surface area contributed by atoms with E-state index in [-0.39, 0.29) is 5.91 Å². The van der Waals surface area contributed by atoms with Gasteiger partial charge in [0.15, 0.2) is 5.13 Å². The molecule has 2 aromatic rings. The summed E-state index contributed by atoms with van der Waals surface area (Å²) in [6.45, 7) is 3.88. The quantitative estimate of drug-likeness (QED) is 0.829. The van der Waals surface area contributed by atoms with Crippen molar-refractivity contribution in [2.45, 2.75) is 13.8 Å². The van der Waals surface area contributed by atoms with Gasteiger partial charge in [-0.05, 0) is 37.6 Å². The zero-order chi connectivity index (χ0) is 14.7. The molecule has 1 amide bonds. The molecule has 0 aliphatic rings. The van der Waals surface area contributed by atoms with Crippen LogP contribution < -0.4 is 5.32 Å². The Morgan fingerprint density at radius 2 is 2.05 bits per heavy atom. The Morgan fingerprint density at radius 1 is 1.30 bits per heavy atom. The number of rotatable bonds is 3. The van der Waals surface area contributed by atoms with Crippen LogP contribution in [-0.2, 0) is 4.79 Å². The lowest BCUT2D eigenvalue weighted by Gasteiger charge is -1.98. The zero-order valence-corrected chi connectivity index (χ0v) is 13.2. The molecule has 1 aromatic heterocycles. The van der Waals surface area contributed by atoms with Crippen molar-refractivity contribution >= 4 is 51.7 Å². The number of carbonyl (C=O) groups excluding carboxylic acids is 1. The Balaban J connectivity index is 2.03. The van der Waals surface area contributed by atoms with E-state index >= 15 is 0 Å². The van der Waals surface area contributed by atoms with Gasteiger partial charge in [0.2, 0.25) is 5.91 Å². The highest BCUT2D eigenvalue weighted by Crippen LogP contribution is 2.23. The number of halogens is 2. The lowest BCUT2D eigenvalue weighted by molar-refractivity contribution is -0.111. The molecule has 0 radical (unpaired) electrons. The summed E-state index contributed by atoms with van der Waals surface area (Å²) in [6, 6.07) is 5.18. The molecule has 0 spiro atoms. The van der Waals surface area contributed by atoms with Crippen molar-refractivity contribution in [3.8, 4) is 0 Å². The molecule has 0 unspecified atom stereocenters. The molecule has 20 heavy (non-hydrogen) atoms. The Bertz CT molecular complexity index is 660. The number of nitrogens with one attached hydrogen (secondary N) is 1. The Kier molecular flexibility index (Phi) is 4.81. The third-order valence-corrected chi connectivity index (χ3v) is 4.36. The van der Waals surface area contributed by atoms with Crippen LogP contribution in [0.5, 0.6) is 0 Å². The van der Waals surface area contributed by atoms with Crippen molar-refractivity contribution in [3.05, 3.63) is 50.5 Å². The molecule has 3 nitrogen and oxygen atoms in total. The smallest absolute Gasteiger partial charge is 0.250 e. The van der Waals surface area contributed by atoms with E-state index in [4.69, 9.17) is 23.2 Å². The lowest BCUT2D eigenvalue weighted by atomic mass is 10.2. The number of aromatic nitrogens is 1. The topological polar surface area (TPSA) is 42.0 Å². The van der Waals surface area contributed by atoms with Crippen LogP contribution in [0.3, 0.4) is 0 Å². The third-order valence-electron chi connectivity index (χ3n) is 2.63. The standard InChI is InChI=1S/C14H12Cl2N2OS/c1-8-9(2)20-14(17-8)18-13(19)6-4-10-3-5-11(15)12(16)7-10/h3-7H,1-2H3,(H,17,18,19). The van der Waals surface area contributed by atoms with E-state index < -0.39 is 0 Å². The molecule has 1 heterocycles. The van der Waals surface area contributed by atoms with Crippen molar-refractivity contribution in [3.63, 3.8) is 0 Å². The normalized spacial score (nSPS) is 11.0. The number of thiazole rings is 1. The number of nitrogens with zero attached hydrogens (tertiary/aromatic N) is 1. The van der Waals surface area contributed by atoms with Gasteiger partial charge >= 0.3 is 0 Å². The van der Waals surface area contributed by atoms with Crippen LogP contribution >= 0.6 is 34.5 Å². The Hall–Kier alpha value is -1.36. The van der Waals surface area contributed by atoms with E-state index in [1.54, 1.807) is 24.3 Å². The maximum Gasteiger partial charge on any atom is 0.250 e. The SMILES string of the molecule is Cc1nc(NC(=O)C=Cc2ccc(Cl)c(Cl)c2)sc1C. The Labute approximate surface area is 131 Å². The second kappa shape index (κ2) is 6.39. The van der Waals surface area contributed by atoms with Gasteiger partial charge in [-0.1, -0.05) is 29.3 Å². The summed E-state index contributed by atoms with van der Waals surface area (Å²) in [6.07, 6.45) is 3.11. The molecule has 0 saturated heterocycles. The number of amides is 1. The van der Waals surface area contributed by atoms with Crippen LogP contribution in [0.15, 0.2) is 24.3 Å². The molecule has 2 rings (SSSR count). The minimum Gasteiger partial charge on any atom is -0.298 e. The van der Waals surface area contributed by atoms with Gasteiger partial charge in [0.05, 0.1) is 15.7 Å². The lowest BCUT2D eigenvalue weighted by Crippen LogP contribution is -2.07. The molecule has 104 valence electrons. The van der Waals surface area contributed by atoms with E-state index in [0.717, 1.165) is 16.1 Å². The van der Waals surface area contributed by atoms with Crippen LogP contribution in [0.4, 0.5) is 5.13 Å². The molecule has 0 saturated carbocycles. The van der Waals surface area contributed by atoms with E-state index in [0.29, 0.717) is 15.2 Å². The largest absolute Gasteiger partial charge is 0.298 e. The van der Waals surface area contributed by atoms with Gasteiger partial charge in [0, 0.05) is 11.0 Å². The van der Waals surface area contributed by atoms with Gasteiger partial charge in [0.25, 0.3) is 0 Å². The van der Waals surface area contributed by atoms with Crippen LogP contribution in [0.2, 0.25) is 10.0 Å². The maximum atomic E-state index is 11.8. The predicted molar refractivity (Wildman–Crippen MR) is 85.7 cm³/mol. The second-order valence-corrected chi connectivity index (χ2v) is 6.17. The third kappa shape index (κ3) is 3.82. The second-order valence-electron chi connectivity index (χ2n) is 4.16. The van der Waals surface area contributed by atoms with E-state index in [1.807, 2.05) is 13.8 Å². The minimum atomic E-state index is -0.232. The number of anilines is 1. The summed E-state index contributed by atoms with van der Waals surface area (Å²) in [5, 5.41) is 4.27. The first kappa shape index (κ1) is 15.0. The molecule has 0 aliphatic heterocycles. The maximum absolute atomic E-state index is 11.8. The molecule has 0 atom stereocenters. The highest BCUT2D eigenvalue weighted by molar-refractivity contribution is 7.15. The zero-order valence-electron chi connectivity index (χ0n) is 10.9. The molecule has 0 aliphatic carbocycles. The highest BCUT2D eigenvalue weighted by atomic mass is 35.5. The van der Waals surface area contributed by atoms with Crippen molar-refractivity contribution in [2.75, 3.05) is 5.32 Å². The summed E-state index contributed by atoms with van der Waals surface area (Å²) in [7, 11) is 0. The van der Waals surface area contributed by atoms with Gasteiger partial charge < -0.3 is 0 Å². The Morgan fingerprint density at radius 3 is 2.65 bits per heavy atom. The van der Waals surface area contributed by atoms with Crippen molar-refractivity contribution in [1.29, 1.82) is 0 Å².